The molecule has 2 aromatic carbocycles. The molecule has 2 aliphatic heterocycles. The first-order valence-corrected chi connectivity index (χ1v) is 11.7. The van der Waals surface area contributed by atoms with Crippen LogP contribution in [0, 0.1) is 5.41 Å². The zero-order valence-electron chi connectivity index (χ0n) is 20.9. The molecule has 1 amide bonds. The fourth-order valence-corrected chi connectivity index (χ4v) is 4.49. The third-order valence-electron chi connectivity index (χ3n) is 6.37. The van der Waals surface area contributed by atoms with Gasteiger partial charge in [0.15, 0.2) is 5.78 Å². The van der Waals surface area contributed by atoms with Crippen LogP contribution in [-0.2, 0) is 6.54 Å². The predicted octanol–water partition coefficient (Wildman–Crippen LogP) is 4.00. The van der Waals surface area contributed by atoms with Crippen molar-refractivity contribution >= 4 is 40.2 Å². The highest BCUT2D eigenvalue weighted by molar-refractivity contribution is 8.93. The molecule has 2 N–H and O–H groups in total. The molecule has 0 radical (unpaired) electrons. The average Bonchev–Trinajstić information content (AvgIpc) is 3.11. The van der Waals surface area contributed by atoms with E-state index in [2.05, 4.69) is 24.1 Å². The lowest BCUT2D eigenvalue weighted by atomic mass is 9.95. The molecule has 9 heteroatoms. The van der Waals surface area contributed by atoms with E-state index in [1.807, 2.05) is 32.2 Å². The van der Waals surface area contributed by atoms with Crippen molar-refractivity contribution in [2.75, 3.05) is 45.3 Å². The minimum atomic E-state index is -0.268. The van der Waals surface area contributed by atoms with Crippen LogP contribution in [0.3, 0.4) is 0 Å². The molecule has 35 heavy (non-hydrogen) atoms. The third-order valence-corrected chi connectivity index (χ3v) is 6.37. The van der Waals surface area contributed by atoms with E-state index >= 15 is 0 Å². The highest BCUT2D eigenvalue weighted by atomic mass is 79.9. The van der Waals surface area contributed by atoms with Gasteiger partial charge in [0.25, 0.3) is 5.91 Å². The summed E-state index contributed by atoms with van der Waals surface area (Å²) in [6.07, 6.45) is 0. The molecule has 0 bridgehead atoms. The quantitative estimate of drug-likeness (QED) is 0.511. The van der Waals surface area contributed by atoms with Crippen molar-refractivity contribution in [1.29, 1.82) is 5.41 Å². The molecule has 4 rings (SSSR count). The van der Waals surface area contributed by atoms with E-state index in [-0.39, 0.29) is 47.0 Å². The number of amides is 1. The minimum Gasteiger partial charge on any atom is -0.493 e. The van der Waals surface area contributed by atoms with Crippen molar-refractivity contribution in [1.82, 2.24) is 10.2 Å². The Hall–Kier alpha value is -3.07. The number of likely N-dealkylation sites (N-methyl/N-ethyl adjacent to an activating group) is 1. The number of hydrogen-bond acceptors (Lipinski definition) is 6. The molecule has 0 spiro atoms. The zero-order valence-corrected chi connectivity index (χ0v) is 22.6. The first-order valence-electron chi connectivity index (χ1n) is 11.7. The molecule has 2 aliphatic rings. The lowest BCUT2D eigenvalue weighted by molar-refractivity contribution is 0.0953. The summed E-state index contributed by atoms with van der Waals surface area (Å²) >= 11 is 0. The number of fused-ring (bicyclic) bond motifs is 2. The number of amidine groups is 1. The van der Waals surface area contributed by atoms with Gasteiger partial charge in [-0.1, -0.05) is 13.8 Å². The molecule has 2 aromatic rings. The van der Waals surface area contributed by atoms with E-state index in [0.717, 1.165) is 29.1 Å². The molecule has 0 aromatic heterocycles. The van der Waals surface area contributed by atoms with Gasteiger partial charge in [0, 0.05) is 31.8 Å². The van der Waals surface area contributed by atoms with E-state index in [1.165, 1.54) is 0 Å². The molecule has 0 unspecified atom stereocenters. The standard InChI is InChI=1S/C26H32N4O4.BrH/c1-6-33-23-11-17-13-30(25(27)19(17)12-20(23)26(32)28-4)14-22(31)16-9-18(15(2)3)24-21(10-16)29(5)7-8-34-24;/h9-12,15,27H,6-8,13-14H2,1-5H3,(H,28,32);1H. The third kappa shape index (κ3) is 5.00. The second-order valence-corrected chi connectivity index (χ2v) is 8.98. The lowest BCUT2D eigenvalue weighted by Crippen LogP contribution is -2.32. The maximum atomic E-state index is 13.4. The van der Waals surface area contributed by atoms with Gasteiger partial charge >= 0.3 is 0 Å². The normalized spacial score (nSPS) is 14.2. The number of halogens is 1. The van der Waals surface area contributed by atoms with Crippen molar-refractivity contribution in [3.63, 3.8) is 0 Å². The van der Waals surface area contributed by atoms with Gasteiger partial charge in [-0.25, -0.2) is 0 Å². The second kappa shape index (κ2) is 10.7. The topological polar surface area (TPSA) is 95.0 Å². The number of Topliss-reactive ketones (excluding diaryl/α,β-unsaturated/α-hetero) is 1. The highest BCUT2D eigenvalue weighted by Crippen LogP contribution is 2.39. The Bertz CT molecular complexity index is 1150. The van der Waals surface area contributed by atoms with Crippen molar-refractivity contribution < 1.29 is 19.1 Å². The van der Waals surface area contributed by atoms with E-state index in [1.54, 1.807) is 18.0 Å². The summed E-state index contributed by atoms with van der Waals surface area (Å²) in [4.78, 5) is 29.6. The number of nitrogens with zero attached hydrogens (tertiary/aromatic N) is 2. The average molecular weight is 545 g/mol. The maximum absolute atomic E-state index is 13.4. The number of anilines is 1. The van der Waals surface area contributed by atoms with Crippen LogP contribution in [0.25, 0.3) is 0 Å². The van der Waals surface area contributed by atoms with Crippen LogP contribution in [0.1, 0.15) is 64.1 Å². The van der Waals surface area contributed by atoms with Crippen LogP contribution in [0.4, 0.5) is 5.69 Å². The Labute approximate surface area is 216 Å². The number of benzene rings is 2. The number of carbonyl (C=O) groups is 2. The van der Waals surface area contributed by atoms with Gasteiger partial charge in [0.2, 0.25) is 0 Å². The summed E-state index contributed by atoms with van der Waals surface area (Å²) in [5, 5.41) is 11.3. The van der Waals surface area contributed by atoms with Crippen LogP contribution in [-0.4, -0.2) is 62.8 Å². The summed E-state index contributed by atoms with van der Waals surface area (Å²) in [7, 11) is 3.57. The van der Waals surface area contributed by atoms with E-state index in [0.29, 0.717) is 42.2 Å². The monoisotopic (exact) mass is 544 g/mol. The highest BCUT2D eigenvalue weighted by Gasteiger charge is 2.30. The van der Waals surface area contributed by atoms with Crippen molar-refractivity contribution in [2.45, 2.75) is 33.2 Å². The van der Waals surface area contributed by atoms with Gasteiger partial charge in [-0.05, 0) is 48.2 Å². The Morgan fingerprint density at radius 3 is 2.63 bits per heavy atom. The molecular weight excluding hydrogens is 512 g/mol. The molecular formula is C26H33BrN4O4. The molecule has 0 aliphatic carbocycles. The van der Waals surface area contributed by atoms with Crippen LogP contribution < -0.4 is 19.7 Å². The molecule has 0 saturated heterocycles. The number of nitrogens with one attached hydrogen (secondary N) is 2. The zero-order chi connectivity index (χ0) is 24.6. The van der Waals surface area contributed by atoms with Gasteiger partial charge in [-0.2, -0.15) is 0 Å². The largest absolute Gasteiger partial charge is 0.493 e. The van der Waals surface area contributed by atoms with E-state index < -0.39 is 0 Å². The summed E-state index contributed by atoms with van der Waals surface area (Å²) in [5.41, 5.74) is 4.47. The fourth-order valence-electron chi connectivity index (χ4n) is 4.49. The van der Waals surface area contributed by atoms with E-state index in [9.17, 15) is 9.59 Å². The Balaban J connectivity index is 0.00000342. The lowest BCUT2D eigenvalue weighted by Gasteiger charge is -2.31. The molecule has 8 nitrogen and oxygen atoms in total. The van der Waals surface area contributed by atoms with Gasteiger partial charge in [0.1, 0.15) is 23.9 Å². The summed E-state index contributed by atoms with van der Waals surface area (Å²) < 4.78 is 11.6. The molecule has 0 saturated carbocycles. The number of ether oxygens (including phenoxy) is 2. The first-order chi connectivity index (χ1) is 16.2. The smallest absolute Gasteiger partial charge is 0.254 e. The van der Waals surface area contributed by atoms with Crippen LogP contribution >= 0.6 is 17.0 Å². The molecule has 188 valence electrons. The number of ketones is 1. The minimum absolute atomic E-state index is 0. The predicted molar refractivity (Wildman–Crippen MR) is 142 cm³/mol. The first kappa shape index (κ1) is 26.5. The molecule has 0 atom stereocenters. The maximum Gasteiger partial charge on any atom is 0.254 e. The Morgan fingerprint density at radius 1 is 1.23 bits per heavy atom. The van der Waals surface area contributed by atoms with Crippen molar-refractivity contribution in [2.24, 2.45) is 0 Å². The van der Waals surface area contributed by atoms with E-state index in [4.69, 9.17) is 14.9 Å². The van der Waals surface area contributed by atoms with Gasteiger partial charge in [0.05, 0.1) is 30.9 Å². The SMILES string of the molecule is Br.CCOc1cc2c(cc1C(=O)NC)C(=N)N(CC(=O)c1cc(C(C)C)c3c(c1)N(C)CCO3)C2. The second-order valence-electron chi connectivity index (χ2n) is 8.98. The van der Waals surface area contributed by atoms with Crippen LogP contribution in [0.5, 0.6) is 11.5 Å². The summed E-state index contributed by atoms with van der Waals surface area (Å²) in [5.74, 6) is 1.46. The molecule has 0 fully saturated rings. The molecule has 2 heterocycles. The fraction of sp³-hybridized carbons (Fsp3) is 0.423. The van der Waals surface area contributed by atoms with Gasteiger partial charge < -0.3 is 24.6 Å². The Morgan fingerprint density at radius 2 is 1.97 bits per heavy atom. The van der Waals surface area contributed by atoms with Gasteiger partial charge in [-0.3, -0.25) is 15.0 Å². The van der Waals surface area contributed by atoms with Crippen LogP contribution in [0.15, 0.2) is 24.3 Å². The van der Waals surface area contributed by atoms with Crippen LogP contribution in [0.2, 0.25) is 0 Å². The van der Waals surface area contributed by atoms with Crippen molar-refractivity contribution in [3.05, 3.63) is 52.1 Å². The summed E-state index contributed by atoms with van der Waals surface area (Å²) in [6.45, 7) is 8.36. The number of carbonyl (C=O) groups excluding carboxylic acids is 2. The van der Waals surface area contributed by atoms with Gasteiger partial charge in [-0.15, -0.1) is 17.0 Å². The summed E-state index contributed by atoms with van der Waals surface area (Å²) in [6, 6.07) is 7.32. The number of rotatable bonds is 7. The number of hydrogen-bond donors (Lipinski definition) is 2. The Kier molecular flexibility index (Phi) is 8.10. The van der Waals surface area contributed by atoms with Crippen molar-refractivity contribution in [3.8, 4) is 11.5 Å².